The minimum Gasteiger partial charge on any atom is -0.208 e. The van der Waals surface area contributed by atoms with E-state index in [1.54, 1.807) is 0 Å². The molecule has 0 spiro atoms. The number of hydrogen-bond donors (Lipinski definition) is 0. The van der Waals surface area contributed by atoms with Crippen molar-refractivity contribution < 1.29 is 0 Å². The Labute approximate surface area is 321 Å². The Morgan fingerprint density at radius 1 is 0.309 bits per heavy atom. The smallest absolute Gasteiger partial charge is 0.164 e. The predicted molar refractivity (Wildman–Crippen MR) is 228 cm³/mol. The van der Waals surface area contributed by atoms with Gasteiger partial charge in [-0.25, -0.2) is 15.0 Å². The maximum absolute atomic E-state index is 4.92. The molecule has 3 heteroatoms. The lowest BCUT2D eigenvalue weighted by Gasteiger charge is -2.23. The van der Waals surface area contributed by atoms with Crippen LogP contribution in [0.3, 0.4) is 0 Å². The SMILES string of the molecule is CC1(C)c2ccccc2-c2cc(-c3cccc4ccccc34)c(-c3ccc(-c4ccc(-c5nc(-c6ccccc6)nc(-c6ccccc6)n5)cc4)cc3)cc21. The average Bonchev–Trinajstić information content (AvgIpc) is 3.48. The monoisotopic (exact) mass is 703 g/mol. The van der Waals surface area contributed by atoms with E-state index >= 15 is 0 Å². The molecule has 0 saturated carbocycles. The quantitative estimate of drug-likeness (QED) is 0.173. The Hall–Kier alpha value is -6.97. The minimum atomic E-state index is -0.0953. The average molecular weight is 704 g/mol. The zero-order valence-corrected chi connectivity index (χ0v) is 30.7. The maximum Gasteiger partial charge on any atom is 0.164 e. The number of nitrogens with zero attached hydrogens (tertiary/aromatic N) is 3. The van der Waals surface area contributed by atoms with Crippen LogP contribution in [0, 0.1) is 0 Å². The summed E-state index contributed by atoms with van der Waals surface area (Å²) in [6, 6.07) is 66.9. The van der Waals surface area contributed by atoms with Crippen LogP contribution >= 0.6 is 0 Å². The first-order chi connectivity index (χ1) is 27.0. The van der Waals surface area contributed by atoms with Crippen molar-refractivity contribution in [3.63, 3.8) is 0 Å². The second-order valence-corrected chi connectivity index (χ2v) is 14.8. The summed E-state index contributed by atoms with van der Waals surface area (Å²) in [4.78, 5) is 14.7. The molecule has 0 amide bonds. The Balaban J connectivity index is 1.04. The summed E-state index contributed by atoms with van der Waals surface area (Å²) in [6.45, 7) is 4.71. The summed E-state index contributed by atoms with van der Waals surface area (Å²) >= 11 is 0. The Morgan fingerprint density at radius 2 is 0.782 bits per heavy atom. The molecule has 0 radical (unpaired) electrons. The molecule has 8 aromatic carbocycles. The first-order valence-electron chi connectivity index (χ1n) is 18.9. The highest BCUT2D eigenvalue weighted by atomic mass is 15.0. The van der Waals surface area contributed by atoms with Gasteiger partial charge in [0.15, 0.2) is 17.5 Å². The van der Waals surface area contributed by atoms with Crippen LogP contribution in [0.5, 0.6) is 0 Å². The van der Waals surface area contributed by atoms with E-state index in [-0.39, 0.29) is 5.41 Å². The molecule has 3 nitrogen and oxygen atoms in total. The van der Waals surface area contributed by atoms with Gasteiger partial charge in [0.05, 0.1) is 0 Å². The summed E-state index contributed by atoms with van der Waals surface area (Å²) in [6.07, 6.45) is 0. The van der Waals surface area contributed by atoms with Gasteiger partial charge in [0.25, 0.3) is 0 Å². The highest BCUT2D eigenvalue weighted by Gasteiger charge is 2.36. The lowest BCUT2D eigenvalue weighted by Crippen LogP contribution is -2.15. The number of benzene rings is 8. The molecule has 1 heterocycles. The third-order valence-corrected chi connectivity index (χ3v) is 11.2. The fourth-order valence-electron chi connectivity index (χ4n) is 8.26. The molecule has 0 bridgehead atoms. The molecule has 0 saturated heterocycles. The number of hydrogen-bond acceptors (Lipinski definition) is 3. The molecule has 1 aromatic heterocycles. The van der Waals surface area contributed by atoms with Crippen LogP contribution < -0.4 is 0 Å². The summed E-state index contributed by atoms with van der Waals surface area (Å²) < 4.78 is 0. The van der Waals surface area contributed by atoms with Crippen molar-refractivity contribution in [2.24, 2.45) is 0 Å². The van der Waals surface area contributed by atoms with Gasteiger partial charge in [-0.2, -0.15) is 0 Å². The van der Waals surface area contributed by atoms with Crippen LogP contribution in [0.4, 0.5) is 0 Å². The van der Waals surface area contributed by atoms with E-state index in [2.05, 4.69) is 141 Å². The predicted octanol–water partition coefficient (Wildman–Crippen LogP) is 13.3. The van der Waals surface area contributed by atoms with E-state index in [4.69, 9.17) is 15.0 Å². The van der Waals surface area contributed by atoms with E-state index in [9.17, 15) is 0 Å². The van der Waals surface area contributed by atoms with Crippen LogP contribution in [0.1, 0.15) is 25.0 Å². The van der Waals surface area contributed by atoms with Gasteiger partial charge in [-0.05, 0) is 78.5 Å². The van der Waals surface area contributed by atoms with Crippen molar-refractivity contribution in [1.29, 1.82) is 0 Å². The molecule has 0 fully saturated rings. The van der Waals surface area contributed by atoms with Crippen LogP contribution in [0.25, 0.3) is 89.4 Å². The molecule has 260 valence electrons. The molecule has 1 aliphatic rings. The molecular weight excluding hydrogens is 667 g/mol. The molecule has 10 rings (SSSR count). The highest BCUT2D eigenvalue weighted by Crippen LogP contribution is 2.52. The molecule has 0 aliphatic heterocycles. The Morgan fingerprint density at radius 3 is 1.42 bits per heavy atom. The third kappa shape index (κ3) is 5.73. The third-order valence-electron chi connectivity index (χ3n) is 11.2. The molecule has 0 unspecified atom stereocenters. The molecule has 0 N–H and O–H groups in total. The van der Waals surface area contributed by atoms with Crippen LogP contribution in [-0.2, 0) is 5.41 Å². The zero-order chi connectivity index (χ0) is 36.9. The fourth-order valence-corrected chi connectivity index (χ4v) is 8.26. The molecular formula is C52H37N3. The molecule has 1 aliphatic carbocycles. The van der Waals surface area contributed by atoms with Gasteiger partial charge in [-0.3, -0.25) is 0 Å². The lowest BCUT2D eigenvalue weighted by atomic mass is 9.80. The first kappa shape index (κ1) is 32.7. The van der Waals surface area contributed by atoms with E-state index in [0.717, 1.165) is 27.8 Å². The Bertz CT molecular complexity index is 2790. The lowest BCUT2D eigenvalue weighted by molar-refractivity contribution is 0.660. The van der Waals surface area contributed by atoms with Crippen molar-refractivity contribution in [3.05, 3.63) is 199 Å². The van der Waals surface area contributed by atoms with Gasteiger partial charge < -0.3 is 0 Å². The second-order valence-electron chi connectivity index (χ2n) is 14.8. The number of fused-ring (bicyclic) bond motifs is 4. The van der Waals surface area contributed by atoms with Crippen molar-refractivity contribution in [2.75, 3.05) is 0 Å². The van der Waals surface area contributed by atoms with E-state index < -0.39 is 0 Å². The number of aromatic nitrogens is 3. The summed E-state index contributed by atoms with van der Waals surface area (Å²) in [7, 11) is 0. The summed E-state index contributed by atoms with van der Waals surface area (Å²) in [5.74, 6) is 1.97. The topological polar surface area (TPSA) is 38.7 Å². The minimum absolute atomic E-state index is 0.0953. The van der Waals surface area contributed by atoms with Crippen LogP contribution in [-0.4, -0.2) is 15.0 Å². The Kier molecular flexibility index (Phi) is 7.81. The van der Waals surface area contributed by atoms with Crippen molar-refractivity contribution in [2.45, 2.75) is 19.3 Å². The maximum atomic E-state index is 4.92. The van der Waals surface area contributed by atoms with Gasteiger partial charge in [0.1, 0.15) is 0 Å². The van der Waals surface area contributed by atoms with Crippen LogP contribution in [0.15, 0.2) is 188 Å². The van der Waals surface area contributed by atoms with Crippen molar-refractivity contribution in [3.8, 4) is 78.7 Å². The molecule has 0 atom stereocenters. The van der Waals surface area contributed by atoms with Crippen molar-refractivity contribution >= 4 is 10.8 Å². The first-order valence-corrected chi connectivity index (χ1v) is 18.9. The second kappa shape index (κ2) is 13.2. The number of rotatable bonds is 6. The van der Waals surface area contributed by atoms with Gasteiger partial charge >= 0.3 is 0 Å². The highest BCUT2D eigenvalue weighted by molar-refractivity contribution is 6.02. The van der Waals surface area contributed by atoms with Crippen molar-refractivity contribution in [1.82, 2.24) is 15.0 Å². The van der Waals surface area contributed by atoms with Crippen LogP contribution in [0.2, 0.25) is 0 Å². The van der Waals surface area contributed by atoms with E-state index in [0.29, 0.717) is 17.5 Å². The standard InChI is InChI=1S/C52H37N3/c1-52(2)47-23-12-11-21-43(47)46-32-45(42-22-13-19-36-14-9-10-20-41(36)42)44(33-48(46)52)37-28-24-34(25-29-37)35-26-30-40(31-27-35)51-54-49(38-15-5-3-6-16-38)53-50(55-51)39-17-7-4-8-18-39/h3-33H,1-2H3. The van der Waals surface area contributed by atoms with Gasteiger partial charge in [0, 0.05) is 22.1 Å². The van der Waals surface area contributed by atoms with Gasteiger partial charge in [-0.1, -0.05) is 190 Å². The van der Waals surface area contributed by atoms with Gasteiger partial charge in [-0.15, -0.1) is 0 Å². The summed E-state index contributed by atoms with van der Waals surface area (Å²) in [5.41, 5.74) is 15.4. The van der Waals surface area contributed by atoms with E-state index in [1.807, 2.05) is 60.7 Å². The summed E-state index contributed by atoms with van der Waals surface area (Å²) in [5, 5.41) is 2.51. The fraction of sp³-hybridized carbons (Fsp3) is 0.0577. The van der Waals surface area contributed by atoms with Gasteiger partial charge in [0.2, 0.25) is 0 Å². The molecule has 9 aromatic rings. The van der Waals surface area contributed by atoms with E-state index in [1.165, 1.54) is 55.3 Å². The normalized spacial score (nSPS) is 12.7. The largest absolute Gasteiger partial charge is 0.208 e. The molecule has 55 heavy (non-hydrogen) atoms. The zero-order valence-electron chi connectivity index (χ0n) is 30.7.